The van der Waals surface area contributed by atoms with Crippen molar-refractivity contribution in [3.05, 3.63) is 53.6 Å². The Morgan fingerprint density at radius 2 is 1.92 bits per heavy atom. The van der Waals surface area contributed by atoms with E-state index < -0.39 is 16.1 Å². The van der Waals surface area contributed by atoms with Crippen LogP contribution in [0.15, 0.2) is 47.4 Å². The Labute approximate surface area is 153 Å². The van der Waals surface area contributed by atoms with Crippen LogP contribution in [0, 0.1) is 6.92 Å². The van der Waals surface area contributed by atoms with Gasteiger partial charge in [0.05, 0.1) is 17.2 Å². The molecule has 0 bridgehead atoms. The highest BCUT2D eigenvalue weighted by Gasteiger charge is 2.29. The zero-order chi connectivity index (χ0) is 18.7. The standard InChI is InChI=1S/C19H22N2O4S/c1-3-25-19(22)20-16-8-11-18-15(13-16)5-4-12-21(18)26(23,24)17-9-6-14(2)7-10-17/h6-11,13H,3-5,12H2,1-2H3,(H,20,22). The SMILES string of the molecule is CCOC(=O)Nc1ccc2c(c1)CCCN2S(=O)(=O)c1ccc(C)cc1. The first-order chi connectivity index (χ1) is 12.4. The Kier molecular flexibility index (Phi) is 5.18. The van der Waals surface area contributed by atoms with Gasteiger partial charge in [0, 0.05) is 12.2 Å². The summed E-state index contributed by atoms with van der Waals surface area (Å²) in [5.74, 6) is 0. The van der Waals surface area contributed by atoms with E-state index in [9.17, 15) is 13.2 Å². The van der Waals surface area contributed by atoms with Crippen molar-refractivity contribution in [2.75, 3.05) is 22.8 Å². The lowest BCUT2D eigenvalue weighted by atomic mass is 10.0. The third-order valence-corrected chi connectivity index (χ3v) is 6.11. The zero-order valence-electron chi connectivity index (χ0n) is 14.9. The van der Waals surface area contributed by atoms with E-state index in [2.05, 4.69) is 5.32 Å². The van der Waals surface area contributed by atoms with Crippen molar-refractivity contribution in [2.45, 2.75) is 31.6 Å². The molecule has 0 atom stereocenters. The number of benzene rings is 2. The van der Waals surface area contributed by atoms with Crippen molar-refractivity contribution in [3.8, 4) is 0 Å². The molecule has 0 saturated heterocycles. The van der Waals surface area contributed by atoms with Crippen LogP contribution in [0.4, 0.5) is 16.2 Å². The molecule has 6 nitrogen and oxygen atoms in total. The van der Waals surface area contributed by atoms with Crippen LogP contribution < -0.4 is 9.62 Å². The summed E-state index contributed by atoms with van der Waals surface area (Å²) < 4.78 is 32.4. The zero-order valence-corrected chi connectivity index (χ0v) is 15.7. The van der Waals surface area contributed by atoms with Crippen LogP contribution in [0.5, 0.6) is 0 Å². The molecule has 0 aromatic heterocycles. The number of carbonyl (C=O) groups is 1. The van der Waals surface area contributed by atoms with Gasteiger partial charge in [0.2, 0.25) is 0 Å². The molecule has 1 amide bonds. The van der Waals surface area contributed by atoms with Crippen LogP contribution in [0.1, 0.15) is 24.5 Å². The predicted octanol–water partition coefficient (Wildman–Crippen LogP) is 3.70. The predicted molar refractivity (Wildman–Crippen MR) is 101 cm³/mol. The molecule has 0 unspecified atom stereocenters. The highest BCUT2D eigenvalue weighted by molar-refractivity contribution is 7.92. The highest BCUT2D eigenvalue weighted by atomic mass is 32.2. The van der Waals surface area contributed by atoms with Gasteiger partial charge in [-0.2, -0.15) is 0 Å². The number of amides is 1. The van der Waals surface area contributed by atoms with Crippen molar-refractivity contribution in [2.24, 2.45) is 0 Å². The van der Waals surface area contributed by atoms with Crippen LogP contribution in [0.2, 0.25) is 0 Å². The summed E-state index contributed by atoms with van der Waals surface area (Å²) in [5.41, 5.74) is 3.15. The number of sulfonamides is 1. The maximum Gasteiger partial charge on any atom is 0.411 e. The Bertz CT molecular complexity index is 908. The van der Waals surface area contributed by atoms with E-state index in [-0.39, 0.29) is 4.90 Å². The monoisotopic (exact) mass is 374 g/mol. The van der Waals surface area contributed by atoms with Gasteiger partial charge in [-0.3, -0.25) is 9.62 Å². The molecule has 2 aromatic rings. The molecule has 1 heterocycles. The summed E-state index contributed by atoms with van der Waals surface area (Å²) in [6.07, 6.45) is 0.960. The summed E-state index contributed by atoms with van der Waals surface area (Å²) in [6.45, 7) is 4.39. The van der Waals surface area contributed by atoms with E-state index in [4.69, 9.17) is 4.74 Å². The highest BCUT2D eigenvalue weighted by Crippen LogP contribution is 2.33. The Morgan fingerprint density at radius 3 is 2.62 bits per heavy atom. The van der Waals surface area contributed by atoms with Crippen molar-refractivity contribution in [3.63, 3.8) is 0 Å². The topological polar surface area (TPSA) is 75.7 Å². The molecule has 0 fully saturated rings. The van der Waals surface area contributed by atoms with Gasteiger partial charge in [-0.05, 0) is 62.6 Å². The first-order valence-electron chi connectivity index (χ1n) is 8.58. The van der Waals surface area contributed by atoms with Crippen LogP contribution in [-0.4, -0.2) is 27.7 Å². The van der Waals surface area contributed by atoms with Gasteiger partial charge in [0.25, 0.3) is 10.0 Å². The number of rotatable bonds is 4. The second-order valence-electron chi connectivity index (χ2n) is 6.18. The van der Waals surface area contributed by atoms with Gasteiger partial charge < -0.3 is 4.74 Å². The molecular weight excluding hydrogens is 352 g/mol. The third kappa shape index (κ3) is 3.67. The number of nitrogens with zero attached hydrogens (tertiary/aromatic N) is 1. The number of nitrogens with one attached hydrogen (secondary N) is 1. The Morgan fingerprint density at radius 1 is 1.19 bits per heavy atom. The van der Waals surface area contributed by atoms with E-state index in [1.54, 1.807) is 43.3 Å². The molecule has 26 heavy (non-hydrogen) atoms. The van der Waals surface area contributed by atoms with Crippen molar-refractivity contribution < 1.29 is 17.9 Å². The van der Waals surface area contributed by atoms with Crippen LogP contribution >= 0.6 is 0 Å². The quantitative estimate of drug-likeness (QED) is 0.885. The number of hydrogen-bond donors (Lipinski definition) is 1. The fraction of sp³-hybridized carbons (Fsp3) is 0.316. The average Bonchev–Trinajstić information content (AvgIpc) is 2.61. The molecule has 0 radical (unpaired) electrons. The number of ether oxygens (including phenoxy) is 1. The molecule has 0 spiro atoms. The normalized spacial score (nSPS) is 13.8. The number of fused-ring (bicyclic) bond motifs is 1. The van der Waals surface area contributed by atoms with Gasteiger partial charge in [-0.15, -0.1) is 0 Å². The van der Waals surface area contributed by atoms with E-state index in [0.717, 1.165) is 24.0 Å². The van der Waals surface area contributed by atoms with E-state index in [1.165, 1.54) is 4.31 Å². The van der Waals surface area contributed by atoms with Crippen molar-refractivity contribution in [1.82, 2.24) is 0 Å². The van der Waals surface area contributed by atoms with Gasteiger partial charge in [-0.1, -0.05) is 17.7 Å². The first kappa shape index (κ1) is 18.3. The minimum absolute atomic E-state index is 0.282. The first-order valence-corrected chi connectivity index (χ1v) is 10.0. The van der Waals surface area contributed by atoms with Crippen LogP contribution in [0.3, 0.4) is 0 Å². The second kappa shape index (κ2) is 7.37. The molecule has 2 aromatic carbocycles. The molecule has 7 heteroatoms. The minimum atomic E-state index is -3.62. The van der Waals surface area contributed by atoms with Crippen LogP contribution in [0.25, 0.3) is 0 Å². The summed E-state index contributed by atoms with van der Waals surface area (Å²) in [6, 6.07) is 12.1. The number of hydrogen-bond acceptors (Lipinski definition) is 4. The Hall–Kier alpha value is -2.54. The average molecular weight is 374 g/mol. The number of aryl methyl sites for hydroxylation is 2. The molecule has 138 valence electrons. The van der Waals surface area contributed by atoms with Crippen LogP contribution in [-0.2, 0) is 21.2 Å². The molecule has 0 aliphatic carbocycles. The van der Waals surface area contributed by atoms with Gasteiger partial charge in [0.15, 0.2) is 0 Å². The van der Waals surface area contributed by atoms with E-state index in [0.29, 0.717) is 24.5 Å². The lowest BCUT2D eigenvalue weighted by Gasteiger charge is -2.31. The Balaban J connectivity index is 1.91. The number of carbonyl (C=O) groups excluding carboxylic acids is 1. The van der Waals surface area contributed by atoms with Gasteiger partial charge in [0.1, 0.15) is 0 Å². The maximum absolute atomic E-state index is 13.0. The van der Waals surface area contributed by atoms with Gasteiger partial charge in [-0.25, -0.2) is 13.2 Å². The summed E-state index contributed by atoms with van der Waals surface area (Å²) in [4.78, 5) is 11.9. The smallest absolute Gasteiger partial charge is 0.411 e. The summed E-state index contributed by atoms with van der Waals surface area (Å²) >= 11 is 0. The number of anilines is 2. The molecule has 1 N–H and O–H groups in total. The second-order valence-corrected chi connectivity index (χ2v) is 8.05. The molecule has 1 aliphatic rings. The fourth-order valence-electron chi connectivity index (χ4n) is 3.01. The van der Waals surface area contributed by atoms with Crippen molar-refractivity contribution in [1.29, 1.82) is 0 Å². The lowest BCUT2D eigenvalue weighted by molar-refractivity contribution is 0.168. The molecular formula is C19H22N2O4S. The maximum atomic E-state index is 13.0. The molecule has 1 aliphatic heterocycles. The van der Waals surface area contributed by atoms with Gasteiger partial charge >= 0.3 is 6.09 Å². The minimum Gasteiger partial charge on any atom is -0.450 e. The molecule has 3 rings (SSSR count). The lowest BCUT2D eigenvalue weighted by Crippen LogP contribution is -2.35. The third-order valence-electron chi connectivity index (χ3n) is 4.29. The summed E-state index contributed by atoms with van der Waals surface area (Å²) in [5, 5.41) is 2.66. The van der Waals surface area contributed by atoms with E-state index >= 15 is 0 Å². The van der Waals surface area contributed by atoms with Crippen molar-refractivity contribution >= 4 is 27.5 Å². The van der Waals surface area contributed by atoms with E-state index in [1.807, 2.05) is 13.0 Å². The largest absolute Gasteiger partial charge is 0.450 e. The summed E-state index contributed by atoms with van der Waals surface area (Å²) in [7, 11) is -3.62. The molecule has 0 saturated carbocycles. The fourth-order valence-corrected chi connectivity index (χ4v) is 4.55.